The molecule has 1 aromatic carbocycles. The Labute approximate surface area is 149 Å². The summed E-state index contributed by atoms with van der Waals surface area (Å²) in [5.41, 5.74) is 6.32. The van der Waals surface area contributed by atoms with Crippen LogP contribution in [0.2, 0.25) is 0 Å². The number of carbonyl (C=O) groups excluding carboxylic acids is 1. The first-order valence-electron chi connectivity index (χ1n) is 9.14. The minimum atomic E-state index is -0.794. The van der Waals surface area contributed by atoms with Gasteiger partial charge in [0.25, 0.3) is 0 Å². The van der Waals surface area contributed by atoms with Crippen LogP contribution in [0.1, 0.15) is 39.2 Å². The molecule has 25 heavy (non-hydrogen) atoms. The molecule has 3 saturated carbocycles. The lowest BCUT2D eigenvalue weighted by Crippen LogP contribution is -2.65. The molecule has 4 aliphatic rings. The fourth-order valence-electron chi connectivity index (χ4n) is 5.25. The minimum Gasteiger partial charge on any atom is -0.448 e. The van der Waals surface area contributed by atoms with Crippen molar-refractivity contribution in [3.8, 4) is 0 Å². The van der Waals surface area contributed by atoms with E-state index in [1.54, 1.807) is 0 Å². The summed E-state index contributed by atoms with van der Waals surface area (Å²) in [5.74, 6) is 1.15. The summed E-state index contributed by atoms with van der Waals surface area (Å²) in [7, 11) is -0.571. The third-order valence-electron chi connectivity index (χ3n) is 6.82. The highest BCUT2D eigenvalue weighted by molar-refractivity contribution is 6.47. The van der Waals surface area contributed by atoms with Crippen LogP contribution in [0.25, 0.3) is 0 Å². The molecule has 1 aromatic rings. The van der Waals surface area contributed by atoms with Gasteiger partial charge in [0, 0.05) is 6.42 Å². The van der Waals surface area contributed by atoms with Crippen LogP contribution >= 0.6 is 0 Å². The average Bonchev–Trinajstić information content (AvgIpc) is 2.91. The van der Waals surface area contributed by atoms with Gasteiger partial charge in [-0.15, -0.1) is 0 Å². The highest BCUT2D eigenvalue weighted by atomic mass is 16.7. The maximum Gasteiger partial charge on any atom is 0.502 e. The molecule has 0 spiro atoms. The Morgan fingerprint density at radius 3 is 2.68 bits per heavy atom. The molecule has 5 rings (SSSR count). The number of amides is 1. The zero-order valence-electron chi connectivity index (χ0n) is 15.1. The molecule has 4 fully saturated rings. The van der Waals surface area contributed by atoms with Crippen LogP contribution in [-0.4, -0.2) is 30.9 Å². The van der Waals surface area contributed by atoms with E-state index in [0.29, 0.717) is 18.3 Å². The lowest BCUT2D eigenvalue weighted by atomic mass is 9.43. The maximum absolute atomic E-state index is 11.4. The van der Waals surface area contributed by atoms with Crippen LogP contribution in [-0.2, 0) is 20.5 Å². The smallest absolute Gasteiger partial charge is 0.448 e. The summed E-state index contributed by atoms with van der Waals surface area (Å²) < 4.78 is 18.0. The van der Waals surface area contributed by atoms with Gasteiger partial charge < -0.3 is 19.8 Å². The number of nitrogens with two attached hydrogens (primary N) is 1. The average molecular weight is 343 g/mol. The summed E-state index contributed by atoms with van der Waals surface area (Å²) in [4.78, 5) is 11.4. The molecule has 1 amide bonds. The van der Waals surface area contributed by atoms with Crippen molar-refractivity contribution in [1.82, 2.24) is 0 Å². The van der Waals surface area contributed by atoms with Crippen molar-refractivity contribution >= 4 is 13.2 Å². The van der Waals surface area contributed by atoms with Crippen LogP contribution < -0.4 is 5.73 Å². The van der Waals surface area contributed by atoms with Crippen molar-refractivity contribution in [3.05, 3.63) is 35.9 Å². The fourth-order valence-corrected chi connectivity index (χ4v) is 5.25. The van der Waals surface area contributed by atoms with Crippen molar-refractivity contribution in [2.45, 2.75) is 57.7 Å². The van der Waals surface area contributed by atoms with Gasteiger partial charge in [0.05, 0.1) is 11.7 Å². The first kappa shape index (κ1) is 16.9. The molecule has 2 N–H and O–H groups in total. The molecule has 5 nitrogen and oxygen atoms in total. The Morgan fingerprint density at radius 1 is 1.32 bits per heavy atom. The number of hydrogen-bond donors (Lipinski definition) is 1. The highest BCUT2D eigenvalue weighted by Crippen LogP contribution is 2.65. The van der Waals surface area contributed by atoms with E-state index < -0.39 is 19.2 Å². The normalized spacial score (nSPS) is 36.3. The fraction of sp³-hybridized carbons (Fsp3) is 0.632. The molecule has 1 saturated heterocycles. The molecule has 134 valence electrons. The van der Waals surface area contributed by atoms with Gasteiger partial charge in [-0.2, -0.15) is 0 Å². The molecular formula is C19H26BNO4. The summed E-state index contributed by atoms with van der Waals surface area (Å²) in [6.45, 7) is 6.81. The van der Waals surface area contributed by atoms with E-state index in [1.165, 1.54) is 6.42 Å². The second-order valence-electron chi connectivity index (χ2n) is 8.50. The molecule has 6 heteroatoms. The van der Waals surface area contributed by atoms with E-state index in [0.717, 1.165) is 12.0 Å². The van der Waals surface area contributed by atoms with Crippen molar-refractivity contribution in [2.75, 3.05) is 0 Å². The highest BCUT2D eigenvalue weighted by Gasteiger charge is 2.68. The Kier molecular flexibility index (Phi) is 3.89. The first-order chi connectivity index (χ1) is 11.8. The van der Waals surface area contributed by atoms with Gasteiger partial charge in [-0.1, -0.05) is 44.2 Å². The van der Waals surface area contributed by atoms with E-state index in [1.807, 2.05) is 30.3 Å². The number of carbonyl (C=O) groups is 1. The molecule has 0 unspecified atom stereocenters. The number of benzene rings is 1. The van der Waals surface area contributed by atoms with Crippen LogP contribution in [0.5, 0.6) is 0 Å². The summed E-state index contributed by atoms with van der Waals surface area (Å²) in [6, 6.07) is 9.35. The zero-order valence-corrected chi connectivity index (χ0v) is 15.1. The topological polar surface area (TPSA) is 70.8 Å². The summed E-state index contributed by atoms with van der Waals surface area (Å²) >= 11 is 0. The molecule has 2 bridgehead atoms. The second kappa shape index (κ2) is 5.75. The third-order valence-corrected chi connectivity index (χ3v) is 6.82. The lowest BCUT2D eigenvalue weighted by molar-refractivity contribution is -0.199. The van der Waals surface area contributed by atoms with Crippen LogP contribution in [0, 0.1) is 17.3 Å². The monoisotopic (exact) mass is 343 g/mol. The Hall–Kier alpha value is -1.53. The molecule has 1 heterocycles. The quantitative estimate of drug-likeness (QED) is 0.854. The Balaban J connectivity index is 1.54. The van der Waals surface area contributed by atoms with Crippen molar-refractivity contribution in [2.24, 2.45) is 23.0 Å². The summed E-state index contributed by atoms with van der Waals surface area (Å²) in [5, 5.41) is 0. The van der Waals surface area contributed by atoms with Gasteiger partial charge in [-0.05, 0) is 42.6 Å². The predicted molar refractivity (Wildman–Crippen MR) is 94.7 cm³/mol. The summed E-state index contributed by atoms with van der Waals surface area (Å²) in [6.07, 6.45) is 1.98. The Bertz CT molecular complexity index is 667. The lowest BCUT2D eigenvalue weighted by Gasteiger charge is -2.64. The van der Waals surface area contributed by atoms with Gasteiger partial charge >= 0.3 is 13.2 Å². The molecule has 3 aliphatic carbocycles. The van der Waals surface area contributed by atoms with Gasteiger partial charge in [-0.25, -0.2) is 4.79 Å². The van der Waals surface area contributed by atoms with Crippen LogP contribution in [0.3, 0.4) is 0 Å². The number of rotatable bonds is 4. The van der Waals surface area contributed by atoms with Crippen LogP contribution in [0.15, 0.2) is 30.3 Å². The molecule has 0 aromatic heterocycles. The standard InChI is InChI=1S/C19H26BNO4/c1-18(2)13-10-14(18)19(3)15(11-13)24-20(25-19)16(23-17(21)22)9-12-7-5-4-6-8-12/h4-8,13-16H,9-11H2,1-3H3,(H2,21,22)/t13-,14-,15+,16-,19-/m0/s1. The number of primary amides is 1. The number of ether oxygens (including phenoxy) is 1. The molecular weight excluding hydrogens is 317 g/mol. The molecule has 5 atom stereocenters. The van der Waals surface area contributed by atoms with Gasteiger partial charge in [0.1, 0.15) is 6.00 Å². The SMILES string of the molecule is CC1(C)[C@@H]2C[C@H]3OB([C@H](Cc4ccccc4)OC(N)=O)O[C@@]3(C)[C@H]1C2. The maximum atomic E-state index is 11.4. The second-order valence-corrected chi connectivity index (χ2v) is 8.50. The van der Waals surface area contributed by atoms with E-state index in [-0.39, 0.29) is 17.1 Å². The largest absolute Gasteiger partial charge is 0.502 e. The van der Waals surface area contributed by atoms with Crippen molar-refractivity contribution in [3.63, 3.8) is 0 Å². The van der Waals surface area contributed by atoms with Crippen LogP contribution in [0.4, 0.5) is 4.79 Å². The third kappa shape index (κ3) is 2.66. The van der Waals surface area contributed by atoms with E-state index in [9.17, 15) is 4.79 Å². The van der Waals surface area contributed by atoms with Crippen molar-refractivity contribution in [1.29, 1.82) is 0 Å². The van der Waals surface area contributed by atoms with Gasteiger partial charge in [-0.3, -0.25) is 0 Å². The van der Waals surface area contributed by atoms with E-state index in [2.05, 4.69) is 20.8 Å². The Morgan fingerprint density at radius 2 is 2.04 bits per heavy atom. The first-order valence-corrected chi connectivity index (χ1v) is 9.14. The van der Waals surface area contributed by atoms with E-state index in [4.69, 9.17) is 19.8 Å². The van der Waals surface area contributed by atoms with Gasteiger partial charge in [0.15, 0.2) is 0 Å². The molecule has 1 aliphatic heterocycles. The minimum absolute atomic E-state index is 0.0593. The van der Waals surface area contributed by atoms with E-state index >= 15 is 0 Å². The zero-order chi connectivity index (χ0) is 17.8. The predicted octanol–water partition coefficient (Wildman–Crippen LogP) is 2.96. The molecule has 0 radical (unpaired) electrons. The number of hydrogen-bond acceptors (Lipinski definition) is 4. The van der Waals surface area contributed by atoms with Gasteiger partial charge in [0.2, 0.25) is 0 Å². The van der Waals surface area contributed by atoms with Crippen molar-refractivity contribution < 1.29 is 18.8 Å².